The van der Waals surface area contributed by atoms with Crippen molar-refractivity contribution in [2.75, 3.05) is 0 Å². The molecular weight excluding hydrogens is 396 g/mol. The normalized spacial score (nSPS) is 15.5. The lowest BCUT2D eigenvalue weighted by atomic mass is 9.83. The van der Waals surface area contributed by atoms with E-state index in [9.17, 15) is 0 Å². The monoisotopic (exact) mass is 416 g/mol. The Kier molecular flexibility index (Phi) is 5.36. The quantitative estimate of drug-likeness (QED) is 0.450. The Morgan fingerprint density at radius 3 is 2.60 bits per heavy atom. The van der Waals surface area contributed by atoms with Crippen molar-refractivity contribution in [2.45, 2.75) is 45.4 Å². The van der Waals surface area contributed by atoms with Crippen LogP contribution >= 0.6 is 43.2 Å². The molecule has 0 saturated carbocycles. The van der Waals surface area contributed by atoms with E-state index in [2.05, 4.69) is 83.1 Å². The number of hydrogen-bond donors (Lipinski definition) is 0. The predicted molar refractivity (Wildman–Crippen MR) is 99.0 cm³/mol. The van der Waals surface area contributed by atoms with Crippen LogP contribution in [0.25, 0.3) is 10.1 Å². The molecule has 2 rings (SSSR count). The third kappa shape index (κ3) is 4.08. The van der Waals surface area contributed by atoms with E-state index in [-0.39, 0.29) is 0 Å². The van der Waals surface area contributed by atoms with E-state index >= 15 is 0 Å². The van der Waals surface area contributed by atoms with E-state index in [0.717, 1.165) is 5.92 Å². The summed E-state index contributed by atoms with van der Waals surface area (Å²) in [4.78, 5) is 0.447. The van der Waals surface area contributed by atoms with Crippen molar-refractivity contribution in [3.63, 3.8) is 0 Å². The Morgan fingerprint density at radius 2 is 1.95 bits per heavy atom. The maximum atomic E-state index is 3.91. The zero-order valence-corrected chi connectivity index (χ0v) is 16.5. The molecular formula is C17H22Br2S. The van der Waals surface area contributed by atoms with Gasteiger partial charge in [-0.25, -0.2) is 0 Å². The molecule has 2 aromatic rings. The molecule has 1 aromatic carbocycles. The second-order valence-corrected chi connectivity index (χ2v) is 9.72. The lowest BCUT2D eigenvalue weighted by Gasteiger charge is -2.24. The highest BCUT2D eigenvalue weighted by Crippen LogP contribution is 2.41. The molecule has 0 aliphatic carbocycles. The predicted octanol–water partition coefficient (Wildman–Crippen LogP) is 7.56. The third-order valence-corrected chi connectivity index (χ3v) is 6.33. The summed E-state index contributed by atoms with van der Waals surface area (Å²) < 4.78 is 2.56. The molecule has 0 aliphatic heterocycles. The molecule has 3 heteroatoms. The van der Waals surface area contributed by atoms with Gasteiger partial charge < -0.3 is 0 Å². The molecule has 0 bridgehead atoms. The maximum Gasteiger partial charge on any atom is 0.0488 e. The van der Waals surface area contributed by atoms with Crippen molar-refractivity contribution in [2.24, 2.45) is 11.3 Å². The zero-order chi connectivity index (χ0) is 14.9. The van der Waals surface area contributed by atoms with Crippen LogP contribution in [-0.2, 0) is 0 Å². The van der Waals surface area contributed by atoms with E-state index in [1.807, 2.05) is 11.3 Å². The average Bonchev–Trinajstić information content (AvgIpc) is 2.71. The standard InChI is InChI=1S/C17H22Br2S/c1-11(9-17(2,3)4)8-15(19)13-10-20-16-12(13)6-5-7-14(16)18/h5-7,10-11,15H,8-9H2,1-4H3. The van der Waals surface area contributed by atoms with Gasteiger partial charge in [0.1, 0.15) is 0 Å². The summed E-state index contributed by atoms with van der Waals surface area (Å²) in [7, 11) is 0. The Bertz CT molecular complexity index is 580. The lowest BCUT2D eigenvalue weighted by molar-refractivity contribution is 0.297. The van der Waals surface area contributed by atoms with Crippen LogP contribution < -0.4 is 0 Å². The highest BCUT2D eigenvalue weighted by Gasteiger charge is 2.20. The van der Waals surface area contributed by atoms with Crippen LogP contribution in [0.4, 0.5) is 0 Å². The van der Waals surface area contributed by atoms with E-state index in [1.165, 1.54) is 33.0 Å². The highest BCUT2D eigenvalue weighted by atomic mass is 79.9. The molecule has 0 nitrogen and oxygen atoms in total. The first-order valence-electron chi connectivity index (χ1n) is 7.07. The Morgan fingerprint density at radius 1 is 1.25 bits per heavy atom. The van der Waals surface area contributed by atoms with E-state index in [0.29, 0.717) is 10.2 Å². The summed E-state index contributed by atoms with van der Waals surface area (Å²) in [6.07, 6.45) is 2.45. The highest BCUT2D eigenvalue weighted by molar-refractivity contribution is 9.10. The lowest BCUT2D eigenvalue weighted by Crippen LogP contribution is -2.12. The molecule has 110 valence electrons. The molecule has 20 heavy (non-hydrogen) atoms. The largest absolute Gasteiger partial charge is 0.142 e. The minimum absolute atomic E-state index is 0.409. The minimum atomic E-state index is 0.409. The fraction of sp³-hybridized carbons (Fsp3) is 0.529. The van der Waals surface area contributed by atoms with Crippen molar-refractivity contribution in [3.8, 4) is 0 Å². The Hall–Kier alpha value is 0.140. The van der Waals surface area contributed by atoms with Crippen LogP contribution in [0.15, 0.2) is 28.1 Å². The second kappa shape index (κ2) is 6.50. The van der Waals surface area contributed by atoms with Gasteiger partial charge >= 0.3 is 0 Å². The number of thiophene rings is 1. The van der Waals surface area contributed by atoms with Gasteiger partial charge in [0.05, 0.1) is 0 Å². The SMILES string of the molecule is CC(CC(Br)c1csc2c(Br)cccc12)CC(C)(C)C. The van der Waals surface area contributed by atoms with Crippen LogP contribution in [0, 0.1) is 11.3 Å². The summed E-state index contributed by atoms with van der Waals surface area (Å²) in [6, 6.07) is 6.48. The van der Waals surface area contributed by atoms with Crippen molar-refractivity contribution < 1.29 is 0 Å². The van der Waals surface area contributed by atoms with Gasteiger partial charge in [-0.05, 0) is 62.5 Å². The first-order chi connectivity index (χ1) is 9.28. The van der Waals surface area contributed by atoms with Gasteiger partial charge in [0.15, 0.2) is 0 Å². The van der Waals surface area contributed by atoms with Gasteiger partial charge in [-0.2, -0.15) is 0 Å². The van der Waals surface area contributed by atoms with Crippen molar-refractivity contribution in [3.05, 3.63) is 33.6 Å². The third-order valence-electron chi connectivity index (χ3n) is 3.49. The fourth-order valence-corrected chi connectivity index (χ4v) is 5.76. The number of halogens is 2. The number of fused-ring (bicyclic) bond motifs is 1. The van der Waals surface area contributed by atoms with Gasteiger partial charge in [-0.1, -0.05) is 55.8 Å². The van der Waals surface area contributed by atoms with E-state index in [1.54, 1.807) is 0 Å². The van der Waals surface area contributed by atoms with Crippen LogP contribution in [0.3, 0.4) is 0 Å². The number of rotatable bonds is 4. The van der Waals surface area contributed by atoms with E-state index < -0.39 is 0 Å². The van der Waals surface area contributed by atoms with Crippen molar-refractivity contribution in [1.82, 2.24) is 0 Å². The molecule has 0 saturated heterocycles. The average molecular weight is 418 g/mol. The molecule has 1 heterocycles. The molecule has 1 aromatic heterocycles. The topological polar surface area (TPSA) is 0 Å². The summed E-state index contributed by atoms with van der Waals surface area (Å²) in [5, 5.41) is 3.69. The van der Waals surface area contributed by atoms with E-state index in [4.69, 9.17) is 0 Å². The van der Waals surface area contributed by atoms with Crippen molar-refractivity contribution in [1.29, 1.82) is 0 Å². The Balaban J connectivity index is 2.16. The smallest absolute Gasteiger partial charge is 0.0488 e. The molecule has 0 radical (unpaired) electrons. The van der Waals surface area contributed by atoms with Gasteiger partial charge in [0.25, 0.3) is 0 Å². The molecule has 2 atom stereocenters. The summed E-state index contributed by atoms with van der Waals surface area (Å²) in [5.74, 6) is 0.724. The number of hydrogen-bond acceptors (Lipinski definition) is 1. The van der Waals surface area contributed by atoms with Crippen molar-refractivity contribution >= 4 is 53.3 Å². The van der Waals surface area contributed by atoms with Crippen LogP contribution in [0.2, 0.25) is 0 Å². The Labute approximate surface area is 143 Å². The van der Waals surface area contributed by atoms with Gasteiger partial charge in [0.2, 0.25) is 0 Å². The molecule has 0 spiro atoms. The number of alkyl halides is 1. The molecule has 0 aliphatic rings. The minimum Gasteiger partial charge on any atom is -0.142 e. The molecule has 0 N–H and O–H groups in total. The molecule has 0 amide bonds. The van der Waals surface area contributed by atoms with Gasteiger partial charge in [0, 0.05) is 14.0 Å². The first kappa shape index (κ1) is 16.5. The second-order valence-electron chi connectivity index (χ2n) is 6.88. The maximum absolute atomic E-state index is 3.91. The first-order valence-corrected chi connectivity index (χ1v) is 9.66. The summed E-state index contributed by atoms with van der Waals surface area (Å²) in [5.41, 5.74) is 1.85. The van der Waals surface area contributed by atoms with Crippen LogP contribution in [0.5, 0.6) is 0 Å². The van der Waals surface area contributed by atoms with Crippen LogP contribution in [0.1, 0.15) is 50.9 Å². The molecule has 2 unspecified atom stereocenters. The van der Waals surface area contributed by atoms with Gasteiger partial charge in [-0.15, -0.1) is 11.3 Å². The fourth-order valence-electron chi connectivity index (χ4n) is 2.89. The molecule has 0 fully saturated rings. The summed E-state index contributed by atoms with van der Waals surface area (Å²) >= 11 is 9.39. The van der Waals surface area contributed by atoms with Gasteiger partial charge in [-0.3, -0.25) is 0 Å². The van der Waals surface area contributed by atoms with Crippen LogP contribution in [-0.4, -0.2) is 0 Å². The summed E-state index contributed by atoms with van der Waals surface area (Å²) in [6.45, 7) is 9.33. The number of benzene rings is 1. The zero-order valence-electron chi connectivity index (χ0n) is 12.5.